The van der Waals surface area contributed by atoms with Gasteiger partial charge >= 0.3 is 51.4 Å². The first-order chi connectivity index (χ1) is 6.96. The summed E-state index contributed by atoms with van der Waals surface area (Å²) >= 11 is 0. The van der Waals surface area contributed by atoms with Crippen LogP contribution in [0, 0.1) is 11.9 Å². The molecule has 0 fully saturated rings. The quantitative estimate of drug-likeness (QED) is 0.402. The molecule has 0 aliphatic rings. The fourth-order valence-electron chi connectivity index (χ4n) is 1.40. The number of halogens is 1. The molecule has 16 heavy (non-hydrogen) atoms. The SMILES string of the molecule is COCOc1cc[c-]c(F)c1[Si](C)(C)C.[K+]. The van der Waals surface area contributed by atoms with E-state index in [4.69, 9.17) is 9.47 Å². The molecule has 0 radical (unpaired) electrons. The Labute approximate surface area is 140 Å². The first-order valence-corrected chi connectivity index (χ1v) is 8.29. The normalized spacial score (nSPS) is 10.8. The average molecular weight is 266 g/mol. The molecule has 0 bridgehead atoms. The Morgan fingerprint density at radius 2 is 2.00 bits per heavy atom. The number of rotatable bonds is 4. The molecule has 0 amide bonds. The van der Waals surface area contributed by atoms with Gasteiger partial charge in [0.2, 0.25) is 0 Å². The van der Waals surface area contributed by atoms with Gasteiger partial charge in [0.05, 0.1) is 0 Å². The number of ether oxygens (including phenoxy) is 2. The van der Waals surface area contributed by atoms with Gasteiger partial charge in [-0.05, 0) is 0 Å². The van der Waals surface area contributed by atoms with Crippen molar-refractivity contribution in [2.24, 2.45) is 0 Å². The van der Waals surface area contributed by atoms with E-state index in [-0.39, 0.29) is 64.0 Å². The van der Waals surface area contributed by atoms with Gasteiger partial charge in [0, 0.05) is 26.8 Å². The number of methoxy groups -OCH3 is 1. The molecule has 0 spiro atoms. The topological polar surface area (TPSA) is 18.5 Å². The summed E-state index contributed by atoms with van der Waals surface area (Å²) in [5.41, 5.74) is 0. The van der Waals surface area contributed by atoms with E-state index in [1.54, 1.807) is 13.2 Å². The first-order valence-electron chi connectivity index (χ1n) is 4.79. The molecule has 0 aliphatic carbocycles. The van der Waals surface area contributed by atoms with Crippen LogP contribution in [0.1, 0.15) is 0 Å². The van der Waals surface area contributed by atoms with E-state index in [1.165, 1.54) is 6.07 Å². The van der Waals surface area contributed by atoms with Gasteiger partial charge in [-0.1, -0.05) is 24.8 Å². The molecule has 0 aromatic heterocycles. The van der Waals surface area contributed by atoms with Crippen LogP contribution in [-0.2, 0) is 4.74 Å². The zero-order chi connectivity index (χ0) is 11.5. The van der Waals surface area contributed by atoms with Crippen LogP contribution in [-0.4, -0.2) is 22.0 Å². The average Bonchev–Trinajstić information content (AvgIpc) is 2.12. The largest absolute Gasteiger partial charge is 1.00 e. The maximum absolute atomic E-state index is 13.6. The second-order valence-corrected chi connectivity index (χ2v) is 9.33. The number of benzene rings is 1. The summed E-state index contributed by atoms with van der Waals surface area (Å²) in [7, 11) is -0.218. The summed E-state index contributed by atoms with van der Waals surface area (Å²) < 4.78 is 23.8. The zero-order valence-corrected chi connectivity index (χ0v) is 14.7. The summed E-state index contributed by atoms with van der Waals surface area (Å²) in [4.78, 5) is 0. The van der Waals surface area contributed by atoms with Crippen LogP contribution < -0.4 is 61.3 Å². The maximum atomic E-state index is 13.6. The van der Waals surface area contributed by atoms with Crippen molar-refractivity contribution in [2.75, 3.05) is 13.9 Å². The Bertz CT molecular complexity index is 339. The van der Waals surface area contributed by atoms with Gasteiger partial charge in [0.1, 0.15) is 0 Å². The van der Waals surface area contributed by atoms with E-state index in [2.05, 4.69) is 25.7 Å². The monoisotopic (exact) mass is 266 g/mol. The number of hydrogen-bond acceptors (Lipinski definition) is 2. The minimum atomic E-state index is -1.76. The minimum absolute atomic E-state index is 0. The third-order valence-electron chi connectivity index (χ3n) is 1.99. The van der Waals surface area contributed by atoms with Crippen LogP contribution in [0.15, 0.2) is 12.1 Å². The van der Waals surface area contributed by atoms with Gasteiger partial charge in [0.15, 0.2) is 6.79 Å². The predicted molar refractivity (Wildman–Crippen MR) is 60.7 cm³/mol. The molecule has 2 nitrogen and oxygen atoms in total. The second-order valence-electron chi connectivity index (χ2n) is 4.33. The zero-order valence-electron chi connectivity index (χ0n) is 10.6. The van der Waals surface area contributed by atoms with Gasteiger partial charge in [0.25, 0.3) is 0 Å². The Morgan fingerprint density at radius 1 is 1.38 bits per heavy atom. The minimum Gasteiger partial charge on any atom is -0.493 e. The molecular formula is C11H16FKO2Si. The van der Waals surface area contributed by atoms with Gasteiger partial charge in [-0.2, -0.15) is 6.07 Å². The molecule has 0 saturated carbocycles. The van der Waals surface area contributed by atoms with Crippen molar-refractivity contribution in [3.63, 3.8) is 0 Å². The van der Waals surface area contributed by atoms with Crippen molar-refractivity contribution in [3.05, 3.63) is 24.0 Å². The summed E-state index contributed by atoms with van der Waals surface area (Å²) in [6.45, 7) is 6.34. The molecular weight excluding hydrogens is 250 g/mol. The molecule has 0 saturated heterocycles. The molecule has 0 atom stereocenters. The fraction of sp³-hybridized carbons (Fsp3) is 0.455. The molecule has 5 heteroatoms. The van der Waals surface area contributed by atoms with Crippen LogP contribution in [0.3, 0.4) is 0 Å². The van der Waals surface area contributed by atoms with Crippen molar-refractivity contribution in [3.8, 4) is 5.75 Å². The third-order valence-corrected chi connectivity index (χ3v) is 3.96. The fourth-order valence-corrected chi connectivity index (χ4v) is 3.02. The van der Waals surface area contributed by atoms with Crippen LogP contribution in [0.5, 0.6) is 5.75 Å². The van der Waals surface area contributed by atoms with Gasteiger partial charge in [-0.15, -0.1) is 12.1 Å². The molecule has 1 aromatic carbocycles. The van der Waals surface area contributed by atoms with Crippen molar-refractivity contribution >= 4 is 13.3 Å². The van der Waals surface area contributed by atoms with E-state index in [9.17, 15) is 4.39 Å². The third kappa shape index (κ3) is 4.56. The van der Waals surface area contributed by atoms with E-state index in [1.807, 2.05) is 0 Å². The number of hydrogen-bond donors (Lipinski definition) is 0. The van der Waals surface area contributed by atoms with Crippen molar-refractivity contribution in [1.29, 1.82) is 0 Å². The standard InChI is InChI=1S/C11H16FO2Si.K/c1-13-8-14-10-7-5-6-9(12)11(10)15(2,3)4;/h5,7H,8H2,1-4H3;/q-1;+1. The maximum Gasteiger partial charge on any atom is 1.00 e. The Kier molecular flexibility index (Phi) is 7.60. The summed E-state index contributed by atoms with van der Waals surface area (Å²) in [6, 6.07) is 5.83. The van der Waals surface area contributed by atoms with Crippen LogP contribution in [0.2, 0.25) is 19.6 Å². The molecule has 1 aromatic rings. The van der Waals surface area contributed by atoms with E-state index < -0.39 is 8.07 Å². The van der Waals surface area contributed by atoms with E-state index in [0.29, 0.717) is 10.9 Å². The molecule has 0 aliphatic heterocycles. The molecule has 0 heterocycles. The molecule has 1 rings (SSSR count). The molecule has 84 valence electrons. The molecule has 0 N–H and O–H groups in total. The van der Waals surface area contributed by atoms with Gasteiger partial charge in [-0.25, -0.2) is 4.39 Å². The first kappa shape index (κ1) is 16.8. The summed E-state index contributed by atoms with van der Waals surface area (Å²) in [6.07, 6.45) is 0. The van der Waals surface area contributed by atoms with Crippen molar-refractivity contribution in [1.82, 2.24) is 0 Å². The Morgan fingerprint density at radius 3 is 2.50 bits per heavy atom. The predicted octanol–water partition coefficient (Wildman–Crippen LogP) is -0.842. The Balaban J connectivity index is 0.00000225. The van der Waals surface area contributed by atoms with Gasteiger partial charge in [-0.3, -0.25) is 0 Å². The van der Waals surface area contributed by atoms with Crippen LogP contribution >= 0.6 is 0 Å². The van der Waals surface area contributed by atoms with Gasteiger partial charge < -0.3 is 9.47 Å². The second kappa shape index (κ2) is 7.25. The van der Waals surface area contributed by atoms with E-state index in [0.717, 1.165) is 0 Å². The smallest absolute Gasteiger partial charge is 0.493 e. The van der Waals surface area contributed by atoms with Crippen LogP contribution in [0.4, 0.5) is 4.39 Å². The molecule has 0 unspecified atom stereocenters. The van der Waals surface area contributed by atoms with Crippen molar-refractivity contribution in [2.45, 2.75) is 19.6 Å². The summed E-state index contributed by atoms with van der Waals surface area (Å²) in [5.74, 6) is 0.273. The van der Waals surface area contributed by atoms with Crippen LogP contribution in [0.25, 0.3) is 0 Å². The van der Waals surface area contributed by atoms with E-state index >= 15 is 0 Å². The Hall–Kier alpha value is 0.763. The summed E-state index contributed by atoms with van der Waals surface area (Å²) in [5, 5.41) is 0.669. The van der Waals surface area contributed by atoms with Crippen molar-refractivity contribution < 1.29 is 65.2 Å².